The van der Waals surface area contributed by atoms with Gasteiger partial charge in [0.15, 0.2) is 0 Å². The second-order valence-corrected chi connectivity index (χ2v) is 11.6. The Morgan fingerprint density at radius 1 is 1.18 bits per heavy atom. The number of nitrogens with zero attached hydrogens (tertiary/aromatic N) is 2. The molecule has 1 aromatic heterocycles. The molecule has 1 saturated heterocycles. The number of rotatable bonds is 6. The molecule has 0 atom stereocenters. The second-order valence-electron chi connectivity index (χ2n) is 7.96. The lowest BCUT2D eigenvalue weighted by atomic mass is 9.99. The van der Waals surface area contributed by atoms with Gasteiger partial charge >= 0.3 is 0 Å². The first kappa shape index (κ1) is 24.9. The van der Waals surface area contributed by atoms with Crippen molar-refractivity contribution in [2.45, 2.75) is 30.6 Å². The van der Waals surface area contributed by atoms with Crippen LogP contribution in [0.3, 0.4) is 0 Å². The standard InChI is InChI=1S/C23H23Cl2N3O4S2/c1-14-3-5-17(12-18(14)25)34(30,31)28-9-7-15(8-10-28)23-27-20(13-33-23)22(29)26-19-11-16(24)4-6-21(19)32-2/h3-6,11-13,15H,7-10H2,1-2H3,(H,26,29). The Balaban J connectivity index is 1.41. The monoisotopic (exact) mass is 539 g/mol. The van der Waals surface area contributed by atoms with Gasteiger partial charge in [-0.2, -0.15) is 4.31 Å². The Labute approximate surface area is 212 Å². The summed E-state index contributed by atoms with van der Waals surface area (Å²) in [5.41, 5.74) is 1.59. The molecular formula is C23H23Cl2N3O4S2. The van der Waals surface area contributed by atoms with Crippen molar-refractivity contribution in [1.29, 1.82) is 0 Å². The Hall–Kier alpha value is -2.17. The zero-order valence-electron chi connectivity index (χ0n) is 18.5. The van der Waals surface area contributed by atoms with E-state index in [2.05, 4.69) is 10.3 Å². The number of benzene rings is 2. The summed E-state index contributed by atoms with van der Waals surface area (Å²) in [6.07, 6.45) is 1.24. The van der Waals surface area contributed by atoms with Crippen molar-refractivity contribution in [3.8, 4) is 5.75 Å². The van der Waals surface area contributed by atoms with Gasteiger partial charge < -0.3 is 10.1 Å². The molecule has 1 aliphatic rings. The Kier molecular flexibility index (Phi) is 7.49. The quantitative estimate of drug-likeness (QED) is 0.441. The predicted octanol–water partition coefficient (Wildman–Crippen LogP) is 5.59. The molecule has 1 amide bonds. The summed E-state index contributed by atoms with van der Waals surface area (Å²) < 4.78 is 32.8. The maximum absolute atomic E-state index is 13.0. The van der Waals surface area contributed by atoms with E-state index in [0.717, 1.165) is 10.6 Å². The van der Waals surface area contributed by atoms with Crippen molar-refractivity contribution in [3.63, 3.8) is 0 Å². The molecule has 2 heterocycles. The molecule has 1 fully saturated rings. The average molecular weight is 540 g/mol. The number of piperidine rings is 1. The summed E-state index contributed by atoms with van der Waals surface area (Å²) in [6.45, 7) is 2.58. The van der Waals surface area contributed by atoms with Crippen molar-refractivity contribution in [2.75, 3.05) is 25.5 Å². The van der Waals surface area contributed by atoms with Gasteiger partial charge in [0.2, 0.25) is 10.0 Å². The fraction of sp³-hybridized carbons (Fsp3) is 0.304. The number of ether oxygens (including phenoxy) is 1. The number of aryl methyl sites for hydroxylation is 1. The van der Waals surface area contributed by atoms with Crippen LogP contribution >= 0.6 is 34.5 Å². The van der Waals surface area contributed by atoms with Crippen molar-refractivity contribution < 1.29 is 17.9 Å². The number of thiazole rings is 1. The highest BCUT2D eigenvalue weighted by Gasteiger charge is 2.31. The summed E-state index contributed by atoms with van der Waals surface area (Å²) in [5, 5.41) is 6.22. The molecule has 1 aliphatic heterocycles. The van der Waals surface area contributed by atoms with E-state index in [9.17, 15) is 13.2 Å². The van der Waals surface area contributed by atoms with Gasteiger partial charge in [-0.25, -0.2) is 13.4 Å². The zero-order chi connectivity index (χ0) is 24.5. The third kappa shape index (κ3) is 5.23. The van der Waals surface area contributed by atoms with E-state index >= 15 is 0 Å². The minimum Gasteiger partial charge on any atom is -0.495 e. The molecule has 180 valence electrons. The van der Waals surface area contributed by atoms with Crippen LogP contribution in [0, 0.1) is 6.92 Å². The number of carbonyl (C=O) groups excluding carboxylic acids is 1. The molecule has 3 aromatic rings. The Bertz CT molecular complexity index is 1320. The molecule has 0 bridgehead atoms. The number of anilines is 1. The number of halogens is 2. The zero-order valence-corrected chi connectivity index (χ0v) is 21.7. The number of hydrogen-bond donors (Lipinski definition) is 1. The van der Waals surface area contributed by atoms with Gasteiger partial charge in [0.25, 0.3) is 5.91 Å². The van der Waals surface area contributed by atoms with Crippen LogP contribution in [0.5, 0.6) is 5.75 Å². The van der Waals surface area contributed by atoms with Crippen molar-refractivity contribution >= 4 is 56.2 Å². The first-order chi connectivity index (χ1) is 16.2. The Morgan fingerprint density at radius 3 is 2.59 bits per heavy atom. The van der Waals surface area contributed by atoms with Crippen LogP contribution in [-0.4, -0.2) is 43.8 Å². The second kappa shape index (κ2) is 10.2. The minimum absolute atomic E-state index is 0.0836. The predicted molar refractivity (Wildman–Crippen MR) is 135 cm³/mol. The molecule has 4 rings (SSSR count). The van der Waals surface area contributed by atoms with E-state index in [1.807, 2.05) is 6.92 Å². The van der Waals surface area contributed by atoms with Gasteiger partial charge in [-0.3, -0.25) is 4.79 Å². The number of methoxy groups -OCH3 is 1. The van der Waals surface area contributed by atoms with E-state index in [4.69, 9.17) is 27.9 Å². The highest BCUT2D eigenvalue weighted by atomic mass is 35.5. The molecule has 0 radical (unpaired) electrons. The summed E-state index contributed by atoms with van der Waals surface area (Å²) >= 11 is 13.6. The molecule has 1 N–H and O–H groups in total. The number of nitrogens with one attached hydrogen (secondary N) is 1. The topological polar surface area (TPSA) is 88.6 Å². The van der Waals surface area contributed by atoms with Gasteiger partial charge in [-0.15, -0.1) is 11.3 Å². The number of hydrogen-bond acceptors (Lipinski definition) is 6. The van der Waals surface area contributed by atoms with Gasteiger partial charge in [-0.1, -0.05) is 29.3 Å². The maximum Gasteiger partial charge on any atom is 0.275 e. The van der Waals surface area contributed by atoms with E-state index in [1.165, 1.54) is 28.8 Å². The number of sulfonamides is 1. The molecule has 7 nitrogen and oxygen atoms in total. The summed E-state index contributed by atoms with van der Waals surface area (Å²) in [5.74, 6) is 0.219. The molecular weight excluding hydrogens is 517 g/mol. The fourth-order valence-corrected chi connectivity index (χ4v) is 6.65. The summed E-state index contributed by atoms with van der Waals surface area (Å²) in [6, 6.07) is 9.77. The SMILES string of the molecule is COc1ccc(Cl)cc1NC(=O)c1csc(C2CCN(S(=O)(=O)c3ccc(C)c(Cl)c3)CC2)n1. The minimum atomic E-state index is -3.61. The van der Waals surface area contributed by atoms with Crippen LogP contribution in [0.15, 0.2) is 46.7 Å². The lowest BCUT2D eigenvalue weighted by Crippen LogP contribution is -2.37. The third-order valence-electron chi connectivity index (χ3n) is 5.75. The van der Waals surface area contributed by atoms with Gasteiger partial charge in [0, 0.05) is 34.4 Å². The molecule has 0 spiro atoms. The summed E-state index contributed by atoms with van der Waals surface area (Å²) in [4.78, 5) is 17.4. The van der Waals surface area contributed by atoms with Crippen LogP contribution in [0.2, 0.25) is 10.0 Å². The molecule has 0 aliphatic carbocycles. The van der Waals surface area contributed by atoms with Crippen molar-refractivity contribution in [1.82, 2.24) is 9.29 Å². The lowest BCUT2D eigenvalue weighted by molar-refractivity contribution is 0.102. The van der Waals surface area contributed by atoms with E-state index in [-0.39, 0.29) is 16.7 Å². The molecule has 2 aromatic carbocycles. The van der Waals surface area contributed by atoms with Gasteiger partial charge in [0.1, 0.15) is 11.4 Å². The summed E-state index contributed by atoms with van der Waals surface area (Å²) in [7, 11) is -2.10. The van der Waals surface area contributed by atoms with E-state index < -0.39 is 10.0 Å². The van der Waals surface area contributed by atoms with Crippen LogP contribution in [0.1, 0.15) is 39.8 Å². The molecule has 11 heteroatoms. The van der Waals surface area contributed by atoms with Gasteiger partial charge in [0.05, 0.1) is 22.7 Å². The average Bonchev–Trinajstić information content (AvgIpc) is 3.31. The van der Waals surface area contributed by atoms with Crippen LogP contribution in [0.25, 0.3) is 0 Å². The number of aromatic nitrogens is 1. The molecule has 0 saturated carbocycles. The van der Waals surface area contributed by atoms with E-state index in [1.54, 1.807) is 35.7 Å². The smallest absolute Gasteiger partial charge is 0.275 e. The van der Waals surface area contributed by atoms with Crippen molar-refractivity contribution in [2.24, 2.45) is 0 Å². The lowest BCUT2D eigenvalue weighted by Gasteiger charge is -2.30. The van der Waals surface area contributed by atoms with Gasteiger partial charge in [-0.05, 0) is 55.7 Å². The highest BCUT2D eigenvalue weighted by molar-refractivity contribution is 7.89. The van der Waals surface area contributed by atoms with Crippen molar-refractivity contribution in [3.05, 3.63) is 68.1 Å². The highest BCUT2D eigenvalue weighted by Crippen LogP contribution is 2.34. The molecule has 0 unspecified atom stereocenters. The third-order valence-corrected chi connectivity index (χ3v) is 9.29. The Morgan fingerprint density at radius 2 is 1.91 bits per heavy atom. The first-order valence-electron chi connectivity index (χ1n) is 10.6. The fourth-order valence-electron chi connectivity index (χ4n) is 3.77. The first-order valence-corrected chi connectivity index (χ1v) is 13.6. The number of carbonyl (C=O) groups is 1. The van der Waals surface area contributed by atoms with Crippen LogP contribution in [0.4, 0.5) is 5.69 Å². The van der Waals surface area contributed by atoms with Crippen LogP contribution in [-0.2, 0) is 10.0 Å². The van der Waals surface area contributed by atoms with E-state index in [0.29, 0.717) is 53.1 Å². The number of amides is 1. The largest absolute Gasteiger partial charge is 0.495 e. The molecule has 34 heavy (non-hydrogen) atoms. The van der Waals surface area contributed by atoms with Crippen LogP contribution < -0.4 is 10.1 Å². The normalized spacial score (nSPS) is 15.3. The maximum atomic E-state index is 13.0.